The summed E-state index contributed by atoms with van der Waals surface area (Å²) in [6, 6.07) is 3.12. The third-order valence-corrected chi connectivity index (χ3v) is 3.41. The lowest BCUT2D eigenvalue weighted by molar-refractivity contribution is 0.0949. The van der Waals surface area contributed by atoms with Crippen molar-refractivity contribution in [1.82, 2.24) is 5.32 Å². The van der Waals surface area contributed by atoms with Gasteiger partial charge in [-0.2, -0.15) is 0 Å². The van der Waals surface area contributed by atoms with Crippen molar-refractivity contribution in [2.24, 2.45) is 0 Å². The van der Waals surface area contributed by atoms with E-state index in [0.29, 0.717) is 22.1 Å². The first kappa shape index (κ1) is 13.2. The summed E-state index contributed by atoms with van der Waals surface area (Å²) in [7, 11) is 3.05. The highest BCUT2D eigenvalue weighted by atomic mass is 35.5. The first-order valence-corrected chi connectivity index (χ1v) is 6.24. The van der Waals surface area contributed by atoms with E-state index in [1.807, 2.05) is 0 Å². The van der Waals surface area contributed by atoms with E-state index in [9.17, 15) is 4.79 Å². The van der Waals surface area contributed by atoms with E-state index < -0.39 is 0 Å². The molecule has 0 aliphatic carbocycles. The van der Waals surface area contributed by atoms with E-state index in [2.05, 4.69) is 5.32 Å². The number of ether oxygens (including phenoxy) is 2. The van der Waals surface area contributed by atoms with Crippen LogP contribution in [0.4, 0.5) is 0 Å². The summed E-state index contributed by atoms with van der Waals surface area (Å²) in [5.74, 6) is 0.998. The fourth-order valence-corrected chi connectivity index (χ4v) is 2.38. The van der Waals surface area contributed by atoms with Crippen molar-refractivity contribution in [2.75, 3.05) is 20.8 Å². The highest BCUT2D eigenvalue weighted by molar-refractivity contribution is 6.32. The van der Waals surface area contributed by atoms with Crippen molar-refractivity contribution < 1.29 is 14.3 Å². The summed E-state index contributed by atoms with van der Waals surface area (Å²) in [5, 5.41) is 3.61. The van der Waals surface area contributed by atoms with Crippen LogP contribution >= 0.6 is 11.6 Å². The Bertz CT molecular complexity index is 456. The molecule has 1 N–H and O–H groups in total. The molecule has 0 aromatic heterocycles. The Morgan fingerprint density at radius 1 is 1.33 bits per heavy atom. The molecule has 1 atom stereocenters. The molecule has 1 saturated heterocycles. The maximum atomic E-state index is 12.4. The number of rotatable bonds is 4. The molecular formula is C13H16ClNO3. The van der Waals surface area contributed by atoms with Crippen LogP contribution < -0.4 is 14.8 Å². The number of methoxy groups -OCH3 is 2. The lowest BCUT2D eigenvalue weighted by Crippen LogP contribution is -2.31. The van der Waals surface area contributed by atoms with Crippen molar-refractivity contribution in [3.8, 4) is 11.5 Å². The summed E-state index contributed by atoms with van der Waals surface area (Å²) in [5.41, 5.74) is 0.512. The Labute approximate surface area is 111 Å². The van der Waals surface area contributed by atoms with Crippen LogP contribution in [-0.4, -0.2) is 32.6 Å². The minimum Gasteiger partial charge on any atom is -0.496 e. The standard InChI is InChI=1S/C13H16ClNO3/c1-17-11-7-9(14)12(18-2)6-8(11)13(16)10-4-3-5-15-10/h6-7,10,15H,3-5H2,1-2H3. The molecule has 1 aliphatic rings. The van der Waals surface area contributed by atoms with Gasteiger partial charge >= 0.3 is 0 Å². The average Bonchev–Trinajstić information content (AvgIpc) is 2.91. The summed E-state index contributed by atoms with van der Waals surface area (Å²) in [6.07, 6.45) is 1.87. The lowest BCUT2D eigenvalue weighted by Gasteiger charge is -2.14. The highest BCUT2D eigenvalue weighted by Gasteiger charge is 2.26. The molecule has 0 amide bonds. The second-order valence-corrected chi connectivity index (χ2v) is 4.61. The van der Waals surface area contributed by atoms with Crippen molar-refractivity contribution in [1.29, 1.82) is 0 Å². The highest BCUT2D eigenvalue weighted by Crippen LogP contribution is 2.33. The third kappa shape index (κ3) is 2.44. The van der Waals surface area contributed by atoms with Gasteiger partial charge in [0.15, 0.2) is 5.78 Å². The quantitative estimate of drug-likeness (QED) is 0.852. The van der Waals surface area contributed by atoms with Crippen LogP contribution in [0, 0.1) is 0 Å². The van der Waals surface area contributed by atoms with Crippen LogP contribution in [-0.2, 0) is 0 Å². The second-order valence-electron chi connectivity index (χ2n) is 4.20. The Morgan fingerprint density at radius 3 is 2.61 bits per heavy atom. The fraction of sp³-hybridized carbons (Fsp3) is 0.462. The number of carbonyl (C=O) groups excluding carboxylic acids is 1. The van der Waals surface area contributed by atoms with Gasteiger partial charge in [-0.1, -0.05) is 11.6 Å². The number of carbonyl (C=O) groups is 1. The Morgan fingerprint density at radius 2 is 2.06 bits per heavy atom. The smallest absolute Gasteiger partial charge is 0.183 e. The molecule has 4 nitrogen and oxygen atoms in total. The van der Waals surface area contributed by atoms with Crippen LogP contribution in [0.25, 0.3) is 0 Å². The Balaban J connectivity index is 2.38. The molecule has 1 unspecified atom stereocenters. The van der Waals surface area contributed by atoms with E-state index in [0.717, 1.165) is 19.4 Å². The number of Topliss-reactive ketones (excluding diaryl/α,β-unsaturated/α-hetero) is 1. The molecule has 1 heterocycles. The Kier molecular flexibility index (Phi) is 4.09. The van der Waals surface area contributed by atoms with Gasteiger partial charge in [-0.15, -0.1) is 0 Å². The van der Waals surface area contributed by atoms with Gasteiger partial charge in [-0.25, -0.2) is 0 Å². The zero-order valence-electron chi connectivity index (χ0n) is 10.5. The fourth-order valence-electron chi connectivity index (χ4n) is 2.15. The molecule has 1 fully saturated rings. The van der Waals surface area contributed by atoms with E-state index in [-0.39, 0.29) is 11.8 Å². The first-order valence-electron chi connectivity index (χ1n) is 5.86. The molecule has 5 heteroatoms. The normalized spacial score (nSPS) is 18.7. The van der Waals surface area contributed by atoms with Crippen LogP contribution in [0.1, 0.15) is 23.2 Å². The lowest BCUT2D eigenvalue weighted by atomic mass is 10.0. The Hall–Kier alpha value is -1.26. The van der Waals surface area contributed by atoms with Gasteiger partial charge in [0.1, 0.15) is 11.5 Å². The molecule has 98 valence electrons. The number of halogens is 1. The van der Waals surface area contributed by atoms with Crippen LogP contribution in [0.3, 0.4) is 0 Å². The van der Waals surface area contributed by atoms with Gasteiger partial charge in [-0.3, -0.25) is 4.79 Å². The maximum absolute atomic E-state index is 12.4. The second kappa shape index (κ2) is 5.59. The number of hydrogen-bond acceptors (Lipinski definition) is 4. The summed E-state index contributed by atoms with van der Waals surface area (Å²) < 4.78 is 10.4. The third-order valence-electron chi connectivity index (χ3n) is 3.12. The monoisotopic (exact) mass is 269 g/mol. The van der Waals surface area contributed by atoms with Crippen molar-refractivity contribution >= 4 is 17.4 Å². The number of nitrogens with one attached hydrogen (secondary N) is 1. The molecule has 2 rings (SSSR count). The number of benzene rings is 1. The maximum Gasteiger partial charge on any atom is 0.183 e. The van der Waals surface area contributed by atoms with Crippen LogP contribution in [0.15, 0.2) is 12.1 Å². The molecular weight excluding hydrogens is 254 g/mol. The zero-order chi connectivity index (χ0) is 13.1. The van der Waals surface area contributed by atoms with E-state index in [1.54, 1.807) is 12.1 Å². The minimum absolute atomic E-state index is 0.0271. The van der Waals surface area contributed by atoms with E-state index in [1.165, 1.54) is 14.2 Å². The van der Waals surface area contributed by atoms with E-state index in [4.69, 9.17) is 21.1 Å². The van der Waals surface area contributed by atoms with Crippen molar-refractivity contribution in [3.05, 3.63) is 22.7 Å². The number of hydrogen-bond donors (Lipinski definition) is 1. The van der Waals surface area contributed by atoms with Gasteiger partial charge in [-0.05, 0) is 25.5 Å². The predicted octanol–water partition coefficient (Wildman–Crippen LogP) is 2.29. The molecule has 1 aromatic rings. The predicted molar refractivity (Wildman–Crippen MR) is 69.9 cm³/mol. The zero-order valence-corrected chi connectivity index (χ0v) is 11.2. The molecule has 18 heavy (non-hydrogen) atoms. The van der Waals surface area contributed by atoms with Gasteiger partial charge in [0, 0.05) is 6.07 Å². The van der Waals surface area contributed by atoms with Crippen molar-refractivity contribution in [3.63, 3.8) is 0 Å². The van der Waals surface area contributed by atoms with Gasteiger partial charge in [0.25, 0.3) is 0 Å². The SMILES string of the molecule is COc1cc(C(=O)C2CCCN2)c(OC)cc1Cl. The number of ketones is 1. The van der Waals surface area contributed by atoms with Gasteiger partial charge in [0.2, 0.25) is 0 Å². The molecule has 0 saturated carbocycles. The first-order chi connectivity index (χ1) is 8.67. The van der Waals surface area contributed by atoms with Crippen LogP contribution in [0.2, 0.25) is 5.02 Å². The molecule has 0 bridgehead atoms. The van der Waals surface area contributed by atoms with Gasteiger partial charge < -0.3 is 14.8 Å². The molecule has 0 spiro atoms. The summed E-state index contributed by atoms with van der Waals surface area (Å²) >= 11 is 6.01. The van der Waals surface area contributed by atoms with E-state index >= 15 is 0 Å². The molecule has 1 aliphatic heterocycles. The summed E-state index contributed by atoms with van der Waals surface area (Å²) in [4.78, 5) is 12.4. The average molecular weight is 270 g/mol. The minimum atomic E-state index is -0.134. The van der Waals surface area contributed by atoms with Crippen molar-refractivity contribution in [2.45, 2.75) is 18.9 Å². The molecule has 0 radical (unpaired) electrons. The van der Waals surface area contributed by atoms with Gasteiger partial charge in [0.05, 0.1) is 30.8 Å². The topological polar surface area (TPSA) is 47.6 Å². The van der Waals surface area contributed by atoms with Crippen LogP contribution in [0.5, 0.6) is 11.5 Å². The summed E-state index contributed by atoms with van der Waals surface area (Å²) in [6.45, 7) is 0.878. The molecule has 1 aromatic carbocycles. The largest absolute Gasteiger partial charge is 0.496 e.